The maximum absolute atomic E-state index is 12.3. The minimum absolute atomic E-state index is 0.135. The van der Waals surface area contributed by atoms with Crippen LogP contribution in [-0.2, 0) is 4.79 Å². The van der Waals surface area contributed by atoms with Crippen LogP contribution in [0.3, 0.4) is 0 Å². The van der Waals surface area contributed by atoms with E-state index in [1.165, 1.54) is 28.7 Å². The smallest absolute Gasteiger partial charge is 0.239 e. The lowest BCUT2D eigenvalue weighted by Crippen LogP contribution is -2.22. The molecule has 3 rings (SSSR count). The van der Waals surface area contributed by atoms with Gasteiger partial charge in [0.25, 0.3) is 0 Å². The maximum Gasteiger partial charge on any atom is 0.239 e. The molecule has 2 aromatic heterocycles. The Hall–Kier alpha value is -2.26. The Bertz CT molecular complexity index is 829. The number of amides is 1. The largest absolute Gasteiger partial charge is 0.301 e. The van der Waals surface area contributed by atoms with Crippen molar-refractivity contribution < 1.29 is 4.79 Å². The van der Waals surface area contributed by atoms with Crippen LogP contribution in [-0.4, -0.2) is 36.3 Å². The summed E-state index contributed by atoms with van der Waals surface area (Å²) in [5.74, 6) is 0.330. The molecule has 1 aromatic carbocycles. The molecule has 0 radical (unpaired) electrons. The Balaban J connectivity index is 1.71. The van der Waals surface area contributed by atoms with Crippen molar-refractivity contribution in [3.8, 4) is 5.69 Å². The van der Waals surface area contributed by atoms with Crippen LogP contribution in [0.15, 0.2) is 41.0 Å². The van der Waals surface area contributed by atoms with Gasteiger partial charge in [-0.25, -0.2) is 4.98 Å². The Kier molecular flexibility index (Phi) is 5.44. The number of thiazole rings is 1. The quantitative estimate of drug-likeness (QED) is 0.666. The molecule has 0 aliphatic rings. The molecule has 25 heavy (non-hydrogen) atoms. The zero-order valence-electron chi connectivity index (χ0n) is 14.1. The van der Waals surface area contributed by atoms with E-state index < -0.39 is 0 Å². The molecule has 2 heterocycles. The van der Waals surface area contributed by atoms with Gasteiger partial charge in [0, 0.05) is 11.6 Å². The van der Waals surface area contributed by atoms with Gasteiger partial charge in [-0.2, -0.15) is 4.68 Å². The summed E-state index contributed by atoms with van der Waals surface area (Å²) in [6, 6.07) is 8.09. The van der Waals surface area contributed by atoms with Crippen molar-refractivity contribution in [1.29, 1.82) is 0 Å². The summed E-state index contributed by atoms with van der Waals surface area (Å²) >= 11 is 2.69. The number of hydrogen-bond donors (Lipinski definition) is 1. The highest BCUT2D eigenvalue weighted by molar-refractivity contribution is 8.00. The number of hydrogen-bond acceptors (Lipinski definition) is 7. The third-order valence-electron chi connectivity index (χ3n) is 3.56. The molecule has 0 spiro atoms. The molecule has 9 heteroatoms. The second-order valence-electron chi connectivity index (χ2n) is 5.71. The van der Waals surface area contributed by atoms with Crippen molar-refractivity contribution in [1.82, 2.24) is 25.2 Å². The van der Waals surface area contributed by atoms with Crippen molar-refractivity contribution in [3.05, 3.63) is 41.4 Å². The number of nitrogens with zero attached hydrogens (tertiary/aromatic N) is 5. The zero-order valence-corrected chi connectivity index (χ0v) is 15.7. The van der Waals surface area contributed by atoms with E-state index in [0.29, 0.717) is 16.2 Å². The second kappa shape index (κ2) is 7.75. The number of carbonyl (C=O) groups is 1. The molecule has 7 nitrogen and oxygen atoms in total. The first-order valence-electron chi connectivity index (χ1n) is 7.80. The van der Waals surface area contributed by atoms with Crippen molar-refractivity contribution in [2.24, 2.45) is 0 Å². The molecular formula is C16H18N6OS2. The zero-order chi connectivity index (χ0) is 17.8. The summed E-state index contributed by atoms with van der Waals surface area (Å²) in [6.45, 7) is 6.11. The van der Waals surface area contributed by atoms with Gasteiger partial charge >= 0.3 is 0 Å². The maximum atomic E-state index is 12.3. The third kappa shape index (κ3) is 4.23. The molecule has 0 bridgehead atoms. The summed E-state index contributed by atoms with van der Waals surface area (Å²) in [5.41, 5.74) is 2.12. The van der Waals surface area contributed by atoms with Crippen molar-refractivity contribution in [2.45, 2.75) is 37.1 Å². The lowest BCUT2D eigenvalue weighted by atomic mass is 10.0. The summed E-state index contributed by atoms with van der Waals surface area (Å²) < 4.78 is 1.64. The lowest BCUT2D eigenvalue weighted by Gasteiger charge is -2.11. The predicted molar refractivity (Wildman–Crippen MR) is 99.3 cm³/mol. The molecule has 1 unspecified atom stereocenters. The average Bonchev–Trinajstić information content (AvgIpc) is 3.26. The molecule has 0 aliphatic carbocycles. The first kappa shape index (κ1) is 17.6. The molecule has 1 N–H and O–H groups in total. The highest BCUT2D eigenvalue weighted by atomic mass is 32.2. The van der Waals surface area contributed by atoms with Gasteiger partial charge in [0.15, 0.2) is 5.13 Å². The summed E-state index contributed by atoms with van der Waals surface area (Å²) in [7, 11) is 0. The van der Waals surface area contributed by atoms with E-state index in [4.69, 9.17) is 0 Å². The lowest BCUT2D eigenvalue weighted by molar-refractivity contribution is -0.115. The molecule has 0 saturated heterocycles. The fourth-order valence-corrected chi connectivity index (χ4v) is 3.46. The normalized spacial score (nSPS) is 12.3. The van der Waals surface area contributed by atoms with Crippen LogP contribution in [0.4, 0.5) is 5.13 Å². The van der Waals surface area contributed by atoms with Gasteiger partial charge in [-0.1, -0.05) is 37.7 Å². The van der Waals surface area contributed by atoms with E-state index >= 15 is 0 Å². The fraction of sp³-hybridized carbons (Fsp3) is 0.312. The number of tetrazole rings is 1. The van der Waals surface area contributed by atoms with E-state index in [0.717, 1.165) is 5.69 Å². The van der Waals surface area contributed by atoms with E-state index in [1.807, 2.05) is 24.4 Å². The molecular weight excluding hydrogens is 356 g/mol. The fourth-order valence-electron chi connectivity index (χ4n) is 2.12. The van der Waals surface area contributed by atoms with Crippen LogP contribution in [0.1, 0.15) is 32.3 Å². The van der Waals surface area contributed by atoms with Crippen LogP contribution in [0, 0.1) is 0 Å². The molecule has 1 amide bonds. The van der Waals surface area contributed by atoms with Gasteiger partial charge in [0.05, 0.1) is 10.9 Å². The number of thioether (sulfide) groups is 1. The van der Waals surface area contributed by atoms with Gasteiger partial charge in [0.1, 0.15) is 0 Å². The minimum atomic E-state index is -0.358. The predicted octanol–water partition coefficient (Wildman–Crippen LogP) is 3.36. The minimum Gasteiger partial charge on any atom is -0.301 e. The Morgan fingerprint density at radius 2 is 2.00 bits per heavy atom. The standard InChI is InChI=1S/C16H18N6OS2/c1-10(2)12-4-6-13(7-5-12)22-16(19-20-21-22)25-11(3)14(23)18-15-17-8-9-24-15/h4-11H,1-3H3,(H,17,18,23). The molecule has 0 aliphatic heterocycles. The highest BCUT2D eigenvalue weighted by Gasteiger charge is 2.20. The van der Waals surface area contributed by atoms with Crippen LogP contribution >= 0.6 is 23.1 Å². The molecule has 0 fully saturated rings. The van der Waals surface area contributed by atoms with Gasteiger partial charge in [-0.3, -0.25) is 4.79 Å². The SMILES string of the molecule is CC(Sc1nnnn1-c1ccc(C(C)C)cc1)C(=O)Nc1nccs1. The van der Waals surface area contributed by atoms with Gasteiger partial charge in [-0.15, -0.1) is 16.4 Å². The van der Waals surface area contributed by atoms with Gasteiger partial charge in [-0.05, 0) is 41.0 Å². The Morgan fingerprint density at radius 1 is 1.24 bits per heavy atom. The van der Waals surface area contributed by atoms with Crippen molar-refractivity contribution >= 4 is 34.1 Å². The number of aromatic nitrogens is 5. The van der Waals surface area contributed by atoms with E-state index in [9.17, 15) is 4.79 Å². The molecule has 0 saturated carbocycles. The summed E-state index contributed by atoms with van der Waals surface area (Å²) in [4.78, 5) is 16.3. The monoisotopic (exact) mass is 374 g/mol. The van der Waals surface area contributed by atoms with E-state index in [2.05, 4.69) is 51.8 Å². The van der Waals surface area contributed by atoms with E-state index in [-0.39, 0.29) is 11.2 Å². The molecule has 130 valence electrons. The highest BCUT2D eigenvalue weighted by Crippen LogP contribution is 2.25. The van der Waals surface area contributed by atoms with Crippen LogP contribution in [0.5, 0.6) is 0 Å². The van der Waals surface area contributed by atoms with Crippen LogP contribution < -0.4 is 5.32 Å². The van der Waals surface area contributed by atoms with E-state index in [1.54, 1.807) is 10.9 Å². The first-order valence-corrected chi connectivity index (χ1v) is 9.56. The van der Waals surface area contributed by atoms with Gasteiger partial charge < -0.3 is 5.32 Å². The van der Waals surface area contributed by atoms with Crippen LogP contribution in [0.25, 0.3) is 5.69 Å². The number of anilines is 1. The Labute approximate surface area is 153 Å². The molecule has 1 atom stereocenters. The number of benzene rings is 1. The summed E-state index contributed by atoms with van der Waals surface area (Å²) in [6.07, 6.45) is 1.65. The van der Waals surface area contributed by atoms with Crippen LogP contribution in [0.2, 0.25) is 0 Å². The topological polar surface area (TPSA) is 85.6 Å². The Morgan fingerprint density at radius 3 is 2.64 bits per heavy atom. The summed E-state index contributed by atoms with van der Waals surface area (Å²) in [5, 5.41) is 17.2. The molecule has 3 aromatic rings. The number of nitrogens with one attached hydrogen (secondary N) is 1. The second-order valence-corrected chi connectivity index (χ2v) is 7.91. The number of carbonyl (C=O) groups excluding carboxylic acids is 1. The van der Waals surface area contributed by atoms with Crippen molar-refractivity contribution in [2.75, 3.05) is 5.32 Å². The average molecular weight is 374 g/mol. The first-order chi connectivity index (χ1) is 12.0. The third-order valence-corrected chi connectivity index (χ3v) is 5.28. The van der Waals surface area contributed by atoms with Crippen molar-refractivity contribution in [3.63, 3.8) is 0 Å². The van der Waals surface area contributed by atoms with Gasteiger partial charge in [0.2, 0.25) is 11.1 Å². The number of rotatable bonds is 6.